The molecule has 0 amide bonds. The normalized spacial score (nSPS) is 13.1. The van der Waals surface area contributed by atoms with Crippen molar-refractivity contribution in [3.8, 4) is 5.75 Å². The molecule has 1 aliphatic rings. The van der Waals surface area contributed by atoms with E-state index >= 15 is 0 Å². The lowest BCUT2D eigenvalue weighted by molar-refractivity contribution is -0.134. The average Bonchev–Trinajstić information content (AvgIpc) is 3.16. The summed E-state index contributed by atoms with van der Waals surface area (Å²) >= 11 is 5.89. The van der Waals surface area contributed by atoms with Crippen molar-refractivity contribution in [2.24, 2.45) is 5.92 Å². The van der Waals surface area contributed by atoms with Crippen molar-refractivity contribution < 1.29 is 14.6 Å². The van der Waals surface area contributed by atoms with E-state index in [2.05, 4.69) is 13.8 Å². The number of hydrogen-bond acceptors (Lipinski definition) is 2. The van der Waals surface area contributed by atoms with Gasteiger partial charge in [0.15, 0.2) is 0 Å². The summed E-state index contributed by atoms with van der Waals surface area (Å²) in [6.45, 7) is 6.39. The van der Waals surface area contributed by atoms with E-state index in [-0.39, 0.29) is 0 Å². The van der Waals surface area contributed by atoms with E-state index in [0.717, 1.165) is 36.6 Å². The Morgan fingerprint density at radius 3 is 2.21 bits per heavy atom. The summed E-state index contributed by atoms with van der Waals surface area (Å²) in [5.74, 6) is 1.06. The Kier molecular flexibility index (Phi) is 18.3. The zero-order valence-corrected chi connectivity index (χ0v) is 19.0. The summed E-state index contributed by atoms with van der Waals surface area (Å²) in [5, 5.41) is 8.16. The van der Waals surface area contributed by atoms with E-state index in [0.29, 0.717) is 0 Å². The number of unbranched alkanes of at least 4 members (excludes halogenated alkanes) is 5. The predicted octanol–water partition coefficient (Wildman–Crippen LogP) is 8.15. The van der Waals surface area contributed by atoms with Gasteiger partial charge in [0.25, 0.3) is 5.97 Å². The molecule has 0 saturated heterocycles. The molecule has 0 radical (unpaired) electrons. The number of aliphatic carboxylic acids is 1. The minimum Gasteiger partial charge on any atom is -0.494 e. The molecule has 3 nitrogen and oxygen atoms in total. The second kappa shape index (κ2) is 19.1. The maximum Gasteiger partial charge on any atom is 0.300 e. The SMILES string of the molecule is CC(=O)O.CCCCCCC.Clc1cccc(OCCCCC2CCCC2)c1. The number of rotatable bonds is 10. The second-order valence-corrected chi connectivity index (χ2v) is 7.97. The molecule has 0 unspecified atom stereocenters. The van der Waals surface area contributed by atoms with Gasteiger partial charge < -0.3 is 9.84 Å². The third kappa shape index (κ3) is 18.2. The molecule has 162 valence electrons. The number of halogens is 1. The van der Waals surface area contributed by atoms with E-state index in [1.54, 1.807) is 0 Å². The molecule has 0 aromatic heterocycles. The van der Waals surface area contributed by atoms with Crippen molar-refractivity contribution >= 4 is 17.6 Å². The molecule has 4 heteroatoms. The molecule has 0 heterocycles. The molecular weight excluding hydrogens is 372 g/mol. The maximum atomic E-state index is 9.00. The van der Waals surface area contributed by atoms with Crippen LogP contribution in [0.1, 0.15) is 97.8 Å². The highest BCUT2D eigenvalue weighted by atomic mass is 35.5. The molecule has 1 saturated carbocycles. The van der Waals surface area contributed by atoms with Gasteiger partial charge in [0.1, 0.15) is 5.75 Å². The Bertz CT molecular complexity index is 476. The van der Waals surface area contributed by atoms with Crippen LogP contribution >= 0.6 is 11.6 Å². The van der Waals surface area contributed by atoms with Crippen molar-refractivity contribution in [2.45, 2.75) is 97.8 Å². The summed E-state index contributed by atoms with van der Waals surface area (Å²) in [7, 11) is 0. The molecule has 0 bridgehead atoms. The molecule has 1 N–H and O–H groups in total. The van der Waals surface area contributed by atoms with Crippen molar-refractivity contribution in [2.75, 3.05) is 6.61 Å². The fourth-order valence-electron chi connectivity index (χ4n) is 3.26. The Morgan fingerprint density at radius 1 is 1.07 bits per heavy atom. The van der Waals surface area contributed by atoms with Crippen molar-refractivity contribution in [1.82, 2.24) is 0 Å². The van der Waals surface area contributed by atoms with Gasteiger partial charge >= 0.3 is 0 Å². The van der Waals surface area contributed by atoms with Crippen LogP contribution < -0.4 is 4.74 Å². The minimum absolute atomic E-state index is 0.744. The van der Waals surface area contributed by atoms with E-state index in [4.69, 9.17) is 26.2 Å². The molecule has 1 aliphatic carbocycles. The van der Waals surface area contributed by atoms with Crippen molar-refractivity contribution in [1.29, 1.82) is 0 Å². The molecule has 2 rings (SSSR count). The first kappa shape index (κ1) is 26.8. The van der Waals surface area contributed by atoms with Gasteiger partial charge in [0, 0.05) is 11.9 Å². The Hall–Kier alpha value is -1.22. The van der Waals surface area contributed by atoms with Crippen molar-refractivity contribution in [3.63, 3.8) is 0 Å². The average molecular weight is 413 g/mol. The van der Waals surface area contributed by atoms with E-state index in [1.807, 2.05) is 24.3 Å². The Balaban J connectivity index is 0.000000553. The first-order valence-electron chi connectivity index (χ1n) is 11.1. The molecule has 1 aromatic carbocycles. The lowest BCUT2D eigenvalue weighted by Gasteiger charge is -2.09. The van der Waals surface area contributed by atoms with Gasteiger partial charge in [-0.2, -0.15) is 0 Å². The van der Waals surface area contributed by atoms with Crippen molar-refractivity contribution in [3.05, 3.63) is 29.3 Å². The standard InChI is InChI=1S/C15H21ClO.C7H16.C2H4O2/c16-14-9-5-10-15(12-14)17-11-4-3-8-13-6-1-2-7-13;1-3-5-7-6-4-2;1-2(3)4/h5,9-10,12-13H,1-4,6-8,11H2;3-7H2,1-2H3;1H3,(H,3,4). The minimum atomic E-state index is -0.833. The van der Waals surface area contributed by atoms with Crippen LogP contribution in [0.2, 0.25) is 5.02 Å². The molecule has 28 heavy (non-hydrogen) atoms. The predicted molar refractivity (Wildman–Crippen MR) is 120 cm³/mol. The molecule has 1 aromatic rings. The van der Waals surface area contributed by atoms with Crippen LogP contribution in [0.15, 0.2) is 24.3 Å². The van der Waals surface area contributed by atoms with Crippen LogP contribution in [0.3, 0.4) is 0 Å². The zero-order valence-electron chi connectivity index (χ0n) is 18.2. The van der Waals surface area contributed by atoms with E-state index in [1.165, 1.54) is 70.6 Å². The van der Waals surface area contributed by atoms with Crippen LogP contribution in [0.4, 0.5) is 0 Å². The Labute approximate surface area is 177 Å². The third-order valence-corrected chi connectivity index (χ3v) is 4.99. The van der Waals surface area contributed by atoms with Gasteiger partial charge in [-0.05, 0) is 37.0 Å². The summed E-state index contributed by atoms with van der Waals surface area (Å²) < 4.78 is 5.67. The number of hydrogen-bond donors (Lipinski definition) is 1. The van der Waals surface area contributed by atoms with Gasteiger partial charge in [0.2, 0.25) is 0 Å². The largest absolute Gasteiger partial charge is 0.494 e. The highest BCUT2D eigenvalue weighted by molar-refractivity contribution is 6.30. The van der Waals surface area contributed by atoms with Gasteiger partial charge in [-0.1, -0.05) is 95.7 Å². The lowest BCUT2D eigenvalue weighted by Crippen LogP contribution is -1.99. The number of carboxylic acids is 1. The highest BCUT2D eigenvalue weighted by Crippen LogP contribution is 2.28. The number of carbonyl (C=O) groups is 1. The topological polar surface area (TPSA) is 46.5 Å². The summed E-state index contributed by atoms with van der Waals surface area (Å²) in [6, 6.07) is 7.63. The summed E-state index contributed by atoms with van der Waals surface area (Å²) in [6.07, 6.45) is 16.7. The molecule has 0 atom stereocenters. The Morgan fingerprint density at radius 2 is 1.68 bits per heavy atom. The molecule has 1 fully saturated rings. The first-order chi connectivity index (χ1) is 13.5. The maximum absolute atomic E-state index is 9.00. The molecular formula is C24H41ClO3. The smallest absolute Gasteiger partial charge is 0.300 e. The van der Waals surface area contributed by atoms with Crippen LogP contribution in [-0.2, 0) is 4.79 Å². The van der Waals surface area contributed by atoms with Gasteiger partial charge in [0.05, 0.1) is 6.61 Å². The van der Waals surface area contributed by atoms with E-state index in [9.17, 15) is 0 Å². The lowest BCUT2D eigenvalue weighted by atomic mass is 10.0. The van der Waals surface area contributed by atoms with Gasteiger partial charge in [-0.3, -0.25) is 4.79 Å². The number of benzene rings is 1. The zero-order chi connectivity index (χ0) is 21.0. The molecule has 0 spiro atoms. The fourth-order valence-corrected chi connectivity index (χ4v) is 3.44. The van der Waals surface area contributed by atoms with Gasteiger partial charge in [-0.25, -0.2) is 0 Å². The third-order valence-electron chi connectivity index (χ3n) is 4.75. The highest BCUT2D eigenvalue weighted by Gasteiger charge is 2.13. The summed E-state index contributed by atoms with van der Waals surface area (Å²) in [5.41, 5.74) is 0. The van der Waals surface area contributed by atoms with Gasteiger partial charge in [-0.15, -0.1) is 0 Å². The van der Waals surface area contributed by atoms with Crippen LogP contribution in [0.5, 0.6) is 5.75 Å². The quantitative estimate of drug-likeness (QED) is 0.394. The summed E-state index contributed by atoms with van der Waals surface area (Å²) in [4.78, 5) is 9.00. The molecule has 0 aliphatic heterocycles. The fraction of sp³-hybridized carbons (Fsp3) is 0.708. The first-order valence-corrected chi connectivity index (χ1v) is 11.4. The van der Waals surface area contributed by atoms with Crippen LogP contribution in [0, 0.1) is 5.92 Å². The monoisotopic (exact) mass is 412 g/mol. The number of carboxylic acid groups (broad SMARTS) is 1. The second-order valence-electron chi connectivity index (χ2n) is 7.53. The van der Waals surface area contributed by atoms with Crippen LogP contribution in [0.25, 0.3) is 0 Å². The number of ether oxygens (including phenoxy) is 1. The van der Waals surface area contributed by atoms with E-state index < -0.39 is 5.97 Å². The van der Waals surface area contributed by atoms with Crippen LogP contribution in [-0.4, -0.2) is 17.7 Å².